The van der Waals surface area contributed by atoms with Crippen LogP contribution in [0.15, 0.2) is 53.5 Å². The standard InChI is InChI=1S/C16H17N3O/c1-11(12-5-3-2-4-6-12)18-16-10-20-15-8-7-13(17)9-14(15)19-16/h2-9,11H,10,17H2,1H3,(H,18,19). The zero-order chi connectivity index (χ0) is 13.9. The van der Waals surface area contributed by atoms with Crippen molar-refractivity contribution < 1.29 is 4.74 Å². The minimum Gasteiger partial charge on any atom is -0.484 e. The lowest BCUT2D eigenvalue weighted by Crippen LogP contribution is -2.26. The van der Waals surface area contributed by atoms with Gasteiger partial charge in [0.25, 0.3) is 0 Å². The zero-order valence-corrected chi connectivity index (χ0v) is 11.3. The fourth-order valence-electron chi connectivity index (χ4n) is 2.22. The summed E-state index contributed by atoms with van der Waals surface area (Å²) in [5.41, 5.74) is 8.54. The Balaban J connectivity index is 1.81. The van der Waals surface area contributed by atoms with Crippen molar-refractivity contribution in [2.45, 2.75) is 13.0 Å². The second-order valence-corrected chi connectivity index (χ2v) is 4.83. The number of hydrogen-bond donors (Lipinski definition) is 2. The molecule has 1 aliphatic heterocycles. The van der Waals surface area contributed by atoms with Crippen LogP contribution < -0.4 is 15.8 Å². The predicted octanol–water partition coefficient (Wildman–Crippen LogP) is 3.23. The van der Waals surface area contributed by atoms with Gasteiger partial charge in [-0.1, -0.05) is 30.3 Å². The number of ether oxygens (including phenoxy) is 1. The lowest BCUT2D eigenvalue weighted by Gasteiger charge is -2.22. The molecule has 0 saturated carbocycles. The summed E-state index contributed by atoms with van der Waals surface area (Å²) in [5, 5.41) is 3.28. The van der Waals surface area contributed by atoms with E-state index in [1.807, 2.05) is 36.4 Å². The number of nitrogen functional groups attached to an aromatic ring is 1. The van der Waals surface area contributed by atoms with E-state index in [1.54, 1.807) is 0 Å². The molecular formula is C16H17N3O. The summed E-state index contributed by atoms with van der Waals surface area (Å²) in [4.78, 5) is 4.67. The first-order valence-electron chi connectivity index (χ1n) is 6.63. The van der Waals surface area contributed by atoms with Crippen LogP contribution in [0.25, 0.3) is 0 Å². The van der Waals surface area contributed by atoms with Crippen molar-refractivity contribution in [3.8, 4) is 5.75 Å². The van der Waals surface area contributed by atoms with E-state index in [0.29, 0.717) is 12.3 Å². The molecule has 4 nitrogen and oxygen atoms in total. The molecule has 3 N–H and O–H groups in total. The Morgan fingerprint density at radius 2 is 2.00 bits per heavy atom. The Labute approximate surface area is 118 Å². The summed E-state index contributed by atoms with van der Waals surface area (Å²) in [6.07, 6.45) is 0. The van der Waals surface area contributed by atoms with Crippen molar-refractivity contribution in [2.75, 3.05) is 17.7 Å². The topological polar surface area (TPSA) is 59.6 Å². The van der Waals surface area contributed by atoms with E-state index in [2.05, 4.69) is 29.4 Å². The Kier molecular flexibility index (Phi) is 3.29. The van der Waals surface area contributed by atoms with Crippen molar-refractivity contribution in [1.29, 1.82) is 0 Å². The number of rotatable bonds is 2. The van der Waals surface area contributed by atoms with Gasteiger partial charge in [0, 0.05) is 5.69 Å². The summed E-state index contributed by atoms with van der Waals surface area (Å²) < 4.78 is 5.68. The third-order valence-electron chi connectivity index (χ3n) is 3.28. The lowest BCUT2D eigenvalue weighted by atomic mass is 10.1. The minimum absolute atomic E-state index is 0.0879. The van der Waals surface area contributed by atoms with E-state index >= 15 is 0 Å². The normalized spacial score (nSPS) is 16.9. The minimum atomic E-state index is 0.0879. The van der Waals surface area contributed by atoms with Crippen LogP contribution in [0.2, 0.25) is 0 Å². The smallest absolute Gasteiger partial charge is 0.146 e. The maximum Gasteiger partial charge on any atom is 0.146 e. The molecule has 0 spiro atoms. The van der Waals surface area contributed by atoms with Crippen molar-refractivity contribution >= 4 is 17.2 Å². The van der Waals surface area contributed by atoms with Gasteiger partial charge in [-0.25, -0.2) is 0 Å². The average molecular weight is 267 g/mol. The van der Waals surface area contributed by atoms with Gasteiger partial charge in [-0.2, -0.15) is 0 Å². The molecule has 0 fully saturated rings. The maximum absolute atomic E-state index is 5.78. The molecule has 4 heteroatoms. The Bertz CT molecular complexity index is 637. The van der Waals surface area contributed by atoms with Crippen molar-refractivity contribution in [1.82, 2.24) is 0 Å². The Morgan fingerprint density at radius 3 is 2.80 bits per heavy atom. The summed E-state index contributed by atoms with van der Waals surface area (Å²) in [5.74, 6) is 1.63. The maximum atomic E-state index is 5.78. The van der Waals surface area contributed by atoms with Crippen LogP contribution in [-0.4, -0.2) is 12.4 Å². The van der Waals surface area contributed by atoms with Crippen LogP contribution in [-0.2, 0) is 0 Å². The molecule has 0 amide bonds. The van der Waals surface area contributed by atoms with Gasteiger partial charge in [-0.3, -0.25) is 4.99 Å². The highest BCUT2D eigenvalue weighted by molar-refractivity contribution is 6.00. The molecule has 0 aromatic heterocycles. The second-order valence-electron chi connectivity index (χ2n) is 4.83. The highest BCUT2D eigenvalue weighted by Gasteiger charge is 2.15. The largest absolute Gasteiger partial charge is 0.484 e. The number of benzene rings is 2. The van der Waals surface area contributed by atoms with Gasteiger partial charge in [0.15, 0.2) is 0 Å². The number of anilines is 2. The lowest BCUT2D eigenvalue weighted by molar-refractivity contribution is 0.371. The number of nitrogens with zero attached hydrogens (tertiary/aromatic N) is 1. The van der Waals surface area contributed by atoms with E-state index in [0.717, 1.165) is 17.3 Å². The molecule has 2 aromatic rings. The summed E-state index contributed by atoms with van der Waals surface area (Å²) >= 11 is 0. The first-order chi connectivity index (χ1) is 9.72. The molecule has 3 rings (SSSR count). The number of fused-ring (bicyclic) bond motifs is 1. The SMILES string of the molecule is CC(N=C1COc2ccc(N)cc2N1)c1ccccc1. The first-order valence-corrected chi connectivity index (χ1v) is 6.63. The first kappa shape index (κ1) is 12.5. The Hall–Kier alpha value is -2.49. The van der Waals surface area contributed by atoms with E-state index in [1.165, 1.54) is 5.56 Å². The molecule has 0 aliphatic carbocycles. The van der Waals surface area contributed by atoms with E-state index in [4.69, 9.17) is 10.5 Å². The van der Waals surface area contributed by atoms with Gasteiger partial charge < -0.3 is 15.8 Å². The number of amidine groups is 1. The van der Waals surface area contributed by atoms with E-state index < -0.39 is 0 Å². The summed E-state index contributed by atoms with van der Waals surface area (Å²) in [7, 11) is 0. The highest BCUT2D eigenvalue weighted by atomic mass is 16.5. The monoisotopic (exact) mass is 267 g/mol. The molecular weight excluding hydrogens is 250 g/mol. The quantitative estimate of drug-likeness (QED) is 0.821. The van der Waals surface area contributed by atoms with Crippen LogP contribution in [0.4, 0.5) is 11.4 Å². The van der Waals surface area contributed by atoms with E-state index in [-0.39, 0.29) is 6.04 Å². The fourth-order valence-corrected chi connectivity index (χ4v) is 2.22. The van der Waals surface area contributed by atoms with Gasteiger partial charge in [0.1, 0.15) is 18.2 Å². The number of hydrogen-bond acceptors (Lipinski definition) is 3. The number of nitrogens with one attached hydrogen (secondary N) is 1. The van der Waals surface area contributed by atoms with Crippen LogP contribution in [0.3, 0.4) is 0 Å². The average Bonchev–Trinajstić information content (AvgIpc) is 2.47. The third kappa shape index (κ3) is 2.59. The third-order valence-corrected chi connectivity index (χ3v) is 3.28. The number of nitrogens with two attached hydrogens (primary N) is 1. The van der Waals surface area contributed by atoms with E-state index in [9.17, 15) is 0 Å². The van der Waals surface area contributed by atoms with Gasteiger partial charge >= 0.3 is 0 Å². The number of aliphatic imine (C=N–C) groups is 1. The van der Waals surface area contributed by atoms with Gasteiger partial charge in [0.2, 0.25) is 0 Å². The second kappa shape index (κ2) is 5.25. The predicted molar refractivity (Wildman–Crippen MR) is 82.3 cm³/mol. The molecule has 20 heavy (non-hydrogen) atoms. The zero-order valence-electron chi connectivity index (χ0n) is 11.3. The molecule has 1 unspecified atom stereocenters. The highest BCUT2D eigenvalue weighted by Crippen LogP contribution is 2.30. The van der Waals surface area contributed by atoms with Crippen LogP contribution >= 0.6 is 0 Å². The van der Waals surface area contributed by atoms with Crippen LogP contribution in [0, 0.1) is 0 Å². The molecule has 0 saturated heterocycles. The molecule has 1 aliphatic rings. The van der Waals surface area contributed by atoms with Crippen molar-refractivity contribution in [3.63, 3.8) is 0 Å². The van der Waals surface area contributed by atoms with Gasteiger partial charge in [0.05, 0.1) is 11.7 Å². The molecule has 0 bridgehead atoms. The van der Waals surface area contributed by atoms with Crippen LogP contribution in [0.1, 0.15) is 18.5 Å². The Morgan fingerprint density at radius 1 is 1.20 bits per heavy atom. The summed E-state index contributed by atoms with van der Waals surface area (Å²) in [6, 6.07) is 15.8. The molecule has 0 radical (unpaired) electrons. The van der Waals surface area contributed by atoms with Crippen molar-refractivity contribution in [2.24, 2.45) is 4.99 Å². The van der Waals surface area contributed by atoms with Crippen molar-refractivity contribution in [3.05, 3.63) is 54.1 Å². The summed E-state index contributed by atoms with van der Waals surface area (Å²) in [6.45, 7) is 2.52. The molecule has 1 atom stereocenters. The molecule has 2 aromatic carbocycles. The van der Waals surface area contributed by atoms with Gasteiger partial charge in [-0.15, -0.1) is 0 Å². The molecule has 102 valence electrons. The van der Waals surface area contributed by atoms with Gasteiger partial charge in [-0.05, 0) is 30.7 Å². The van der Waals surface area contributed by atoms with Crippen LogP contribution in [0.5, 0.6) is 5.75 Å². The fraction of sp³-hybridized carbons (Fsp3) is 0.188. The molecule has 1 heterocycles.